The molecule has 2 rings (SSSR count). The molecule has 1 heterocycles. The summed E-state index contributed by atoms with van der Waals surface area (Å²) in [5.74, 6) is 0.862. The standard InChI is InChI=1S/C14H25N3/c1-3-8-15-9-14-10-17(11-16-14)12(2)13-6-4-5-7-13/h10-13,15H,3-9H2,1-2H3. The zero-order valence-electron chi connectivity index (χ0n) is 11.2. The van der Waals surface area contributed by atoms with Gasteiger partial charge in [-0.05, 0) is 38.6 Å². The second kappa shape index (κ2) is 6.20. The third-order valence-corrected chi connectivity index (χ3v) is 3.94. The summed E-state index contributed by atoms with van der Waals surface area (Å²) in [4.78, 5) is 4.48. The number of aromatic nitrogens is 2. The van der Waals surface area contributed by atoms with Crippen LogP contribution in [-0.2, 0) is 6.54 Å². The van der Waals surface area contributed by atoms with Gasteiger partial charge in [-0.25, -0.2) is 4.98 Å². The molecule has 1 aliphatic carbocycles. The van der Waals surface area contributed by atoms with Crippen LogP contribution in [0.4, 0.5) is 0 Å². The van der Waals surface area contributed by atoms with Crippen LogP contribution in [-0.4, -0.2) is 16.1 Å². The lowest BCUT2D eigenvalue weighted by molar-refractivity contribution is 0.360. The molecular weight excluding hydrogens is 210 g/mol. The van der Waals surface area contributed by atoms with Gasteiger partial charge >= 0.3 is 0 Å². The van der Waals surface area contributed by atoms with Crippen molar-refractivity contribution in [2.45, 2.75) is 58.5 Å². The fourth-order valence-electron chi connectivity index (χ4n) is 2.77. The fraction of sp³-hybridized carbons (Fsp3) is 0.786. The van der Waals surface area contributed by atoms with E-state index in [1.165, 1.54) is 37.8 Å². The van der Waals surface area contributed by atoms with E-state index in [9.17, 15) is 0 Å². The van der Waals surface area contributed by atoms with Crippen molar-refractivity contribution in [1.82, 2.24) is 14.9 Å². The minimum absolute atomic E-state index is 0.616. The summed E-state index contributed by atoms with van der Waals surface area (Å²) in [5.41, 5.74) is 1.17. The number of nitrogens with one attached hydrogen (secondary N) is 1. The fourth-order valence-corrected chi connectivity index (χ4v) is 2.77. The van der Waals surface area contributed by atoms with E-state index in [-0.39, 0.29) is 0 Å². The van der Waals surface area contributed by atoms with Gasteiger partial charge in [0, 0.05) is 18.8 Å². The normalized spacial score (nSPS) is 18.7. The molecule has 1 unspecified atom stereocenters. The van der Waals surface area contributed by atoms with Crippen molar-refractivity contribution in [3.8, 4) is 0 Å². The minimum Gasteiger partial charge on any atom is -0.334 e. The van der Waals surface area contributed by atoms with E-state index in [4.69, 9.17) is 0 Å². The summed E-state index contributed by atoms with van der Waals surface area (Å²) < 4.78 is 2.30. The van der Waals surface area contributed by atoms with Gasteiger partial charge in [0.25, 0.3) is 0 Å². The highest BCUT2D eigenvalue weighted by Gasteiger charge is 2.22. The van der Waals surface area contributed by atoms with Gasteiger partial charge in [-0.3, -0.25) is 0 Å². The molecule has 0 spiro atoms. The molecule has 1 aliphatic rings. The molecule has 0 saturated heterocycles. The van der Waals surface area contributed by atoms with E-state index in [0.29, 0.717) is 6.04 Å². The van der Waals surface area contributed by atoms with Gasteiger partial charge in [-0.15, -0.1) is 0 Å². The van der Waals surface area contributed by atoms with E-state index in [2.05, 4.69) is 34.9 Å². The van der Waals surface area contributed by atoms with Crippen molar-refractivity contribution in [3.63, 3.8) is 0 Å². The van der Waals surface area contributed by atoms with Gasteiger partial charge in [0.1, 0.15) is 0 Å². The number of rotatable bonds is 6. The Morgan fingerprint density at radius 2 is 2.24 bits per heavy atom. The molecule has 1 N–H and O–H groups in total. The SMILES string of the molecule is CCCNCc1cn(C(C)C2CCCC2)cn1. The van der Waals surface area contributed by atoms with E-state index in [1.807, 2.05) is 6.33 Å². The second-order valence-corrected chi connectivity index (χ2v) is 5.27. The van der Waals surface area contributed by atoms with E-state index < -0.39 is 0 Å². The van der Waals surface area contributed by atoms with Gasteiger partial charge in [0.05, 0.1) is 12.0 Å². The highest BCUT2D eigenvalue weighted by Crippen LogP contribution is 2.33. The van der Waals surface area contributed by atoms with Crippen molar-refractivity contribution < 1.29 is 0 Å². The van der Waals surface area contributed by atoms with E-state index >= 15 is 0 Å². The average Bonchev–Trinajstić information content (AvgIpc) is 3.00. The van der Waals surface area contributed by atoms with Gasteiger partial charge < -0.3 is 9.88 Å². The van der Waals surface area contributed by atoms with Crippen molar-refractivity contribution in [2.75, 3.05) is 6.54 Å². The summed E-state index contributed by atoms with van der Waals surface area (Å²) in [7, 11) is 0. The van der Waals surface area contributed by atoms with Crippen molar-refractivity contribution >= 4 is 0 Å². The Kier molecular flexibility index (Phi) is 4.60. The molecule has 96 valence electrons. The molecule has 3 heteroatoms. The zero-order chi connectivity index (χ0) is 12.1. The topological polar surface area (TPSA) is 29.9 Å². The third-order valence-electron chi connectivity index (χ3n) is 3.94. The molecule has 17 heavy (non-hydrogen) atoms. The highest BCUT2D eigenvalue weighted by molar-refractivity contribution is 4.98. The summed E-state index contributed by atoms with van der Waals surface area (Å²) in [6, 6.07) is 0.616. The van der Waals surface area contributed by atoms with Crippen molar-refractivity contribution in [3.05, 3.63) is 18.2 Å². The van der Waals surface area contributed by atoms with Crippen LogP contribution in [0.2, 0.25) is 0 Å². The van der Waals surface area contributed by atoms with Crippen LogP contribution in [0.5, 0.6) is 0 Å². The van der Waals surface area contributed by atoms with E-state index in [0.717, 1.165) is 19.0 Å². The van der Waals surface area contributed by atoms with Crippen molar-refractivity contribution in [1.29, 1.82) is 0 Å². The van der Waals surface area contributed by atoms with Gasteiger partial charge in [0.2, 0.25) is 0 Å². The van der Waals surface area contributed by atoms with Crippen LogP contribution < -0.4 is 5.32 Å². The molecule has 1 fully saturated rings. The molecule has 1 atom stereocenters. The number of hydrogen-bond donors (Lipinski definition) is 1. The maximum atomic E-state index is 4.48. The van der Waals surface area contributed by atoms with Crippen LogP contribution in [0.25, 0.3) is 0 Å². The van der Waals surface area contributed by atoms with Crippen LogP contribution in [0.1, 0.15) is 57.7 Å². The zero-order valence-corrected chi connectivity index (χ0v) is 11.2. The van der Waals surface area contributed by atoms with Crippen LogP contribution in [0.3, 0.4) is 0 Å². The molecule has 0 radical (unpaired) electrons. The first kappa shape index (κ1) is 12.6. The Bertz CT molecular complexity index is 326. The molecule has 1 saturated carbocycles. The maximum absolute atomic E-state index is 4.48. The quantitative estimate of drug-likeness (QED) is 0.768. The lowest BCUT2D eigenvalue weighted by Crippen LogP contribution is -2.14. The Labute approximate surface area is 105 Å². The average molecular weight is 235 g/mol. The highest BCUT2D eigenvalue weighted by atomic mass is 15.1. The largest absolute Gasteiger partial charge is 0.334 e. The molecule has 3 nitrogen and oxygen atoms in total. The summed E-state index contributed by atoms with van der Waals surface area (Å²) >= 11 is 0. The third kappa shape index (κ3) is 3.32. The Morgan fingerprint density at radius 1 is 1.47 bits per heavy atom. The predicted octanol–water partition coefficient (Wildman–Crippen LogP) is 3.13. The molecule has 0 bridgehead atoms. The smallest absolute Gasteiger partial charge is 0.0952 e. The van der Waals surface area contributed by atoms with Crippen LogP contribution >= 0.6 is 0 Å². The Balaban J connectivity index is 1.88. The van der Waals surface area contributed by atoms with Crippen LogP contribution in [0, 0.1) is 5.92 Å². The van der Waals surface area contributed by atoms with Crippen molar-refractivity contribution in [2.24, 2.45) is 5.92 Å². The predicted molar refractivity (Wildman–Crippen MR) is 70.9 cm³/mol. The maximum Gasteiger partial charge on any atom is 0.0952 e. The number of nitrogens with zero attached hydrogens (tertiary/aromatic N) is 2. The molecule has 0 amide bonds. The summed E-state index contributed by atoms with van der Waals surface area (Å²) in [6.07, 6.45) is 11.0. The molecule has 0 aromatic carbocycles. The molecule has 1 aromatic heterocycles. The minimum atomic E-state index is 0.616. The van der Waals surface area contributed by atoms with Gasteiger partial charge in [-0.2, -0.15) is 0 Å². The Hall–Kier alpha value is -0.830. The van der Waals surface area contributed by atoms with Gasteiger partial charge in [-0.1, -0.05) is 19.8 Å². The van der Waals surface area contributed by atoms with Crippen LogP contribution in [0.15, 0.2) is 12.5 Å². The lowest BCUT2D eigenvalue weighted by Gasteiger charge is -2.19. The number of hydrogen-bond acceptors (Lipinski definition) is 2. The molecule has 0 aliphatic heterocycles. The molecule has 1 aromatic rings. The summed E-state index contributed by atoms with van der Waals surface area (Å²) in [5, 5.41) is 3.40. The van der Waals surface area contributed by atoms with Gasteiger partial charge in [0.15, 0.2) is 0 Å². The lowest BCUT2D eigenvalue weighted by atomic mass is 10.00. The van der Waals surface area contributed by atoms with E-state index in [1.54, 1.807) is 0 Å². The first-order chi connectivity index (χ1) is 8.31. The first-order valence-corrected chi connectivity index (χ1v) is 7.04. The molecular formula is C14H25N3. The number of imidazole rings is 1. The monoisotopic (exact) mass is 235 g/mol. The second-order valence-electron chi connectivity index (χ2n) is 5.27. The summed E-state index contributed by atoms with van der Waals surface area (Å²) in [6.45, 7) is 6.50. The first-order valence-electron chi connectivity index (χ1n) is 7.04. The Morgan fingerprint density at radius 3 is 2.94 bits per heavy atom.